The molecule has 58 valence electrons. The van der Waals surface area contributed by atoms with E-state index in [2.05, 4.69) is 5.32 Å². The van der Waals surface area contributed by atoms with Crippen molar-refractivity contribution in [3.8, 4) is 6.07 Å². The van der Waals surface area contributed by atoms with Crippen LogP contribution in [0.1, 0.15) is 13.8 Å². The highest BCUT2D eigenvalue weighted by Crippen LogP contribution is 1.84. The van der Waals surface area contributed by atoms with Gasteiger partial charge in [-0.1, -0.05) is 0 Å². The SMILES string of the molecule is CC(C)OCCNCC#N. The van der Waals surface area contributed by atoms with E-state index >= 15 is 0 Å². The molecule has 0 saturated heterocycles. The number of nitrogens with zero attached hydrogens (tertiary/aromatic N) is 1. The average molecular weight is 142 g/mol. The normalized spacial score (nSPS) is 9.80. The molecule has 0 aliphatic carbocycles. The molecular weight excluding hydrogens is 128 g/mol. The molecular formula is C7H14N2O. The maximum atomic E-state index is 8.12. The Kier molecular flexibility index (Phi) is 6.14. The zero-order chi connectivity index (χ0) is 7.82. The maximum absolute atomic E-state index is 8.12. The van der Waals surface area contributed by atoms with Gasteiger partial charge in [-0.3, -0.25) is 0 Å². The van der Waals surface area contributed by atoms with Crippen LogP contribution in [0.2, 0.25) is 0 Å². The van der Waals surface area contributed by atoms with Crippen molar-refractivity contribution in [1.82, 2.24) is 5.32 Å². The van der Waals surface area contributed by atoms with Gasteiger partial charge in [-0.2, -0.15) is 5.26 Å². The minimum Gasteiger partial charge on any atom is -0.377 e. The molecule has 0 fully saturated rings. The smallest absolute Gasteiger partial charge is 0.0841 e. The maximum Gasteiger partial charge on any atom is 0.0841 e. The van der Waals surface area contributed by atoms with Crippen LogP contribution in [0.4, 0.5) is 0 Å². The average Bonchev–Trinajstić information content (AvgIpc) is 1.87. The fraction of sp³-hybridized carbons (Fsp3) is 0.857. The molecule has 0 heterocycles. The Morgan fingerprint density at radius 3 is 2.80 bits per heavy atom. The summed E-state index contributed by atoms with van der Waals surface area (Å²) in [5, 5.41) is 11.0. The highest BCUT2D eigenvalue weighted by Gasteiger charge is 1.90. The van der Waals surface area contributed by atoms with Crippen molar-refractivity contribution in [1.29, 1.82) is 5.26 Å². The van der Waals surface area contributed by atoms with E-state index in [0.29, 0.717) is 13.2 Å². The molecule has 0 aromatic carbocycles. The van der Waals surface area contributed by atoms with Crippen LogP contribution < -0.4 is 5.32 Å². The Bertz CT molecular complexity index is 107. The lowest BCUT2D eigenvalue weighted by Crippen LogP contribution is -2.21. The third-order valence-corrected chi connectivity index (χ3v) is 0.934. The summed E-state index contributed by atoms with van der Waals surface area (Å²) in [6.45, 7) is 5.82. The molecule has 0 bridgehead atoms. The second-order valence-corrected chi connectivity index (χ2v) is 2.25. The van der Waals surface area contributed by atoms with Crippen LogP contribution in [-0.4, -0.2) is 25.8 Å². The van der Waals surface area contributed by atoms with E-state index in [9.17, 15) is 0 Å². The summed E-state index contributed by atoms with van der Waals surface area (Å²) in [6, 6.07) is 1.99. The number of hydrogen-bond donors (Lipinski definition) is 1. The lowest BCUT2D eigenvalue weighted by Gasteiger charge is -2.05. The standard InChI is InChI=1S/C7H14N2O/c1-7(2)10-6-5-9-4-3-8/h7,9H,4-6H2,1-2H3. The molecule has 0 aromatic rings. The Morgan fingerprint density at radius 2 is 2.30 bits per heavy atom. The van der Waals surface area contributed by atoms with Crippen molar-refractivity contribution in [2.75, 3.05) is 19.7 Å². The van der Waals surface area contributed by atoms with Crippen LogP contribution in [0, 0.1) is 11.3 Å². The fourth-order valence-corrected chi connectivity index (χ4v) is 0.511. The van der Waals surface area contributed by atoms with Gasteiger partial charge in [0, 0.05) is 6.54 Å². The van der Waals surface area contributed by atoms with Gasteiger partial charge < -0.3 is 10.1 Å². The molecule has 0 aliphatic heterocycles. The van der Waals surface area contributed by atoms with E-state index in [1.807, 2.05) is 19.9 Å². The van der Waals surface area contributed by atoms with Crippen molar-refractivity contribution in [3.63, 3.8) is 0 Å². The minimum absolute atomic E-state index is 0.281. The van der Waals surface area contributed by atoms with E-state index in [-0.39, 0.29) is 6.10 Å². The highest BCUT2D eigenvalue weighted by atomic mass is 16.5. The van der Waals surface area contributed by atoms with Crippen LogP contribution >= 0.6 is 0 Å². The zero-order valence-electron chi connectivity index (χ0n) is 6.55. The van der Waals surface area contributed by atoms with Crippen LogP contribution in [0.25, 0.3) is 0 Å². The van der Waals surface area contributed by atoms with E-state index in [0.717, 1.165) is 6.54 Å². The van der Waals surface area contributed by atoms with Crippen LogP contribution in [-0.2, 0) is 4.74 Å². The summed E-state index contributed by atoms with van der Waals surface area (Å²) in [5.74, 6) is 0. The highest BCUT2D eigenvalue weighted by molar-refractivity contribution is 4.72. The predicted octanol–water partition coefficient (Wildman–Crippen LogP) is 0.525. The number of hydrogen-bond acceptors (Lipinski definition) is 3. The number of rotatable bonds is 5. The number of nitriles is 1. The minimum atomic E-state index is 0.281. The Balaban J connectivity index is 2.86. The van der Waals surface area contributed by atoms with Gasteiger partial charge in [-0.25, -0.2) is 0 Å². The number of ether oxygens (including phenoxy) is 1. The lowest BCUT2D eigenvalue weighted by molar-refractivity contribution is 0.0814. The topological polar surface area (TPSA) is 45.0 Å². The first-order valence-electron chi connectivity index (χ1n) is 3.46. The van der Waals surface area contributed by atoms with E-state index in [4.69, 9.17) is 10.00 Å². The summed E-state index contributed by atoms with van der Waals surface area (Å²) in [5.41, 5.74) is 0. The van der Waals surface area contributed by atoms with Crippen LogP contribution in [0.5, 0.6) is 0 Å². The molecule has 10 heavy (non-hydrogen) atoms. The monoisotopic (exact) mass is 142 g/mol. The third-order valence-electron chi connectivity index (χ3n) is 0.934. The van der Waals surface area contributed by atoms with Gasteiger partial charge in [0.1, 0.15) is 0 Å². The third kappa shape index (κ3) is 7.41. The first-order chi connectivity index (χ1) is 4.77. The van der Waals surface area contributed by atoms with Gasteiger partial charge >= 0.3 is 0 Å². The molecule has 3 nitrogen and oxygen atoms in total. The Hall–Kier alpha value is -0.590. The second-order valence-electron chi connectivity index (χ2n) is 2.25. The quantitative estimate of drug-likeness (QED) is 0.449. The zero-order valence-corrected chi connectivity index (χ0v) is 6.55. The van der Waals surface area contributed by atoms with E-state index < -0.39 is 0 Å². The molecule has 0 aromatic heterocycles. The van der Waals surface area contributed by atoms with Crippen molar-refractivity contribution in [2.24, 2.45) is 0 Å². The van der Waals surface area contributed by atoms with Gasteiger partial charge in [0.2, 0.25) is 0 Å². The lowest BCUT2D eigenvalue weighted by atomic mass is 10.5. The van der Waals surface area contributed by atoms with Crippen molar-refractivity contribution in [3.05, 3.63) is 0 Å². The Labute approximate surface area is 62.0 Å². The van der Waals surface area contributed by atoms with Crippen LogP contribution in [0.15, 0.2) is 0 Å². The molecule has 0 unspecified atom stereocenters. The van der Waals surface area contributed by atoms with Gasteiger partial charge in [-0.05, 0) is 13.8 Å². The largest absolute Gasteiger partial charge is 0.377 e. The van der Waals surface area contributed by atoms with Gasteiger partial charge in [0.25, 0.3) is 0 Å². The second kappa shape index (κ2) is 6.53. The summed E-state index contributed by atoms with van der Waals surface area (Å²) in [6.07, 6.45) is 0.281. The molecule has 0 aliphatic rings. The van der Waals surface area contributed by atoms with Crippen LogP contribution in [0.3, 0.4) is 0 Å². The first kappa shape index (κ1) is 9.41. The fourth-order valence-electron chi connectivity index (χ4n) is 0.511. The number of nitrogens with one attached hydrogen (secondary N) is 1. The van der Waals surface area contributed by atoms with Crippen molar-refractivity contribution >= 4 is 0 Å². The molecule has 0 saturated carbocycles. The molecule has 0 radical (unpaired) electrons. The van der Waals surface area contributed by atoms with Crippen molar-refractivity contribution < 1.29 is 4.74 Å². The Morgan fingerprint density at radius 1 is 1.60 bits per heavy atom. The van der Waals surface area contributed by atoms with Gasteiger partial charge in [0.05, 0.1) is 25.3 Å². The predicted molar refractivity (Wildman–Crippen MR) is 39.6 cm³/mol. The van der Waals surface area contributed by atoms with E-state index in [1.54, 1.807) is 0 Å². The molecule has 0 rings (SSSR count). The molecule has 3 heteroatoms. The van der Waals surface area contributed by atoms with Gasteiger partial charge in [0.15, 0.2) is 0 Å². The molecule has 0 amide bonds. The van der Waals surface area contributed by atoms with Crippen molar-refractivity contribution in [2.45, 2.75) is 20.0 Å². The molecule has 0 atom stereocenters. The molecule has 1 N–H and O–H groups in total. The van der Waals surface area contributed by atoms with Gasteiger partial charge in [-0.15, -0.1) is 0 Å². The summed E-state index contributed by atoms with van der Waals surface area (Å²) < 4.78 is 5.22. The first-order valence-corrected chi connectivity index (χ1v) is 3.46. The molecule has 0 spiro atoms. The summed E-state index contributed by atoms with van der Waals surface area (Å²) in [7, 11) is 0. The summed E-state index contributed by atoms with van der Waals surface area (Å²) >= 11 is 0. The van der Waals surface area contributed by atoms with E-state index in [1.165, 1.54) is 0 Å². The summed E-state index contributed by atoms with van der Waals surface area (Å²) in [4.78, 5) is 0.